The van der Waals surface area contributed by atoms with Crippen LogP contribution in [0, 0.1) is 0 Å². The fourth-order valence-corrected chi connectivity index (χ4v) is 2.93. The van der Waals surface area contributed by atoms with Crippen molar-refractivity contribution in [1.29, 1.82) is 0 Å². The second kappa shape index (κ2) is 8.56. The van der Waals surface area contributed by atoms with Crippen LogP contribution >= 0.6 is 0 Å². The molecule has 0 unspecified atom stereocenters. The van der Waals surface area contributed by atoms with E-state index in [-0.39, 0.29) is 4.90 Å². The minimum atomic E-state index is -3.66. The molecule has 9 heteroatoms. The van der Waals surface area contributed by atoms with E-state index in [1.165, 1.54) is 12.1 Å². The van der Waals surface area contributed by atoms with Crippen LogP contribution in [0.4, 0.5) is 11.8 Å². The number of rotatable bonds is 8. The lowest BCUT2D eigenvalue weighted by molar-refractivity contribution is 0.598. The van der Waals surface area contributed by atoms with E-state index in [9.17, 15) is 8.42 Å². The van der Waals surface area contributed by atoms with Crippen LogP contribution < -0.4 is 15.8 Å². The van der Waals surface area contributed by atoms with Gasteiger partial charge in [0.05, 0.1) is 11.1 Å². The Balaban J connectivity index is 1.51. The van der Waals surface area contributed by atoms with E-state index >= 15 is 0 Å². The number of nitrogens with zero attached hydrogens (tertiary/aromatic N) is 3. The van der Waals surface area contributed by atoms with Gasteiger partial charge in [-0.15, -0.1) is 5.10 Å². The molecule has 0 amide bonds. The molecule has 3 aromatic rings. The van der Waals surface area contributed by atoms with Crippen LogP contribution in [-0.2, 0) is 23.0 Å². The van der Waals surface area contributed by atoms with Gasteiger partial charge in [-0.2, -0.15) is 10.1 Å². The fraction of sp³-hybridized carbons (Fsp3) is 0.167. The molecule has 1 aromatic heterocycles. The average Bonchev–Trinajstić information content (AvgIpc) is 2.67. The number of anilines is 2. The van der Waals surface area contributed by atoms with Crippen LogP contribution in [0.1, 0.15) is 11.1 Å². The first kappa shape index (κ1) is 18.7. The van der Waals surface area contributed by atoms with Crippen molar-refractivity contribution in [2.75, 3.05) is 17.2 Å². The average molecular weight is 384 g/mol. The Morgan fingerprint density at radius 1 is 0.926 bits per heavy atom. The second-order valence-electron chi connectivity index (χ2n) is 5.87. The van der Waals surface area contributed by atoms with Gasteiger partial charge in [-0.05, 0) is 29.7 Å². The molecule has 0 spiro atoms. The maximum atomic E-state index is 11.3. The molecule has 1 heterocycles. The fourth-order valence-electron chi connectivity index (χ4n) is 2.42. The molecule has 0 aliphatic heterocycles. The van der Waals surface area contributed by atoms with Gasteiger partial charge in [0.1, 0.15) is 0 Å². The Labute approximate surface area is 157 Å². The highest BCUT2D eigenvalue weighted by atomic mass is 32.2. The van der Waals surface area contributed by atoms with Gasteiger partial charge < -0.3 is 10.6 Å². The van der Waals surface area contributed by atoms with Crippen LogP contribution in [0.3, 0.4) is 0 Å². The molecule has 0 fully saturated rings. The van der Waals surface area contributed by atoms with Crippen molar-refractivity contribution >= 4 is 21.8 Å². The zero-order valence-corrected chi connectivity index (χ0v) is 15.4. The Kier molecular flexibility index (Phi) is 5.94. The number of benzene rings is 2. The van der Waals surface area contributed by atoms with Crippen molar-refractivity contribution in [2.45, 2.75) is 17.9 Å². The van der Waals surface area contributed by atoms with Gasteiger partial charge in [0.15, 0.2) is 5.82 Å². The topological polar surface area (TPSA) is 123 Å². The number of sulfonamides is 1. The molecule has 2 aromatic carbocycles. The van der Waals surface area contributed by atoms with Crippen LogP contribution in [0.5, 0.6) is 0 Å². The van der Waals surface area contributed by atoms with Gasteiger partial charge >= 0.3 is 0 Å². The highest BCUT2D eigenvalue weighted by molar-refractivity contribution is 7.89. The molecule has 0 saturated carbocycles. The van der Waals surface area contributed by atoms with Crippen molar-refractivity contribution in [2.24, 2.45) is 5.14 Å². The summed E-state index contributed by atoms with van der Waals surface area (Å²) < 4.78 is 22.5. The van der Waals surface area contributed by atoms with Gasteiger partial charge in [0, 0.05) is 13.1 Å². The number of hydrogen-bond acceptors (Lipinski definition) is 7. The third-order valence-corrected chi connectivity index (χ3v) is 4.75. The Bertz CT molecular complexity index is 978. The highest BCUT2D eigenvalue weighted by Crippen LogP contribution is 2.10. The van der Waals surface area contributed by atoms with E-state index in [0.717, 1.165) is 11.1 Å². The first-order valence-electron chi connectivity index (χ1n) is 8.34. The molecule has 0 aliphatic carbocycles. The molecule has 140 valence electrons. The normalized spacial score (nSPS) is 11.1. The summed E-state index contributed by atoms with van der Waals surface area (Å²) >= 11 is 0. The molecule has 0 radical (unpaired) electrons. The van der Waals surface area contributed by atoms with Crippen LogP contribution in [0.15, 0.2) is 65.7 Å². The van der Waals surface area contributed by atoms with Crippen molar-refractivity contribution in [3.63, 3.8) is 0 Å². The minimum absolute atomic E-state index is 0.101. The minimum Gasteiger partial charge on any atom is -0.365 e. The summed E-state index contributed by atoms with van der Waals surface area (Å²) in [6.07, 6.45) is 2.25. The van der Waals surface area contributed by atoms with Crippen molar-refractivity contribution < 1.29 is 8.42 Å². The van der Waals surface area contributed by atoms with Crippen molar-refractivity contribution in [1.82, 2.24) is 15.2 Å². The van der Waals surface area contributed by atoms with Crippen molar-refractivity contribution in [3.8, 4) is 0 Å². The molecule has 0 saturated heterocycles. The summed E-state index contributed by atoms with van der Waals surface area (Å²) in [5, 5.41) is 19.3. The lowest BCUT2D eigenvalue weighted by Gasteiger charge is -2.08. The number of nitrogens with one attached hydrogen (secondary N) is 2. The quantitative estimate of drug-likeness (QED) is 0.541. The second-order valence-corrected chi connectivity index (χ2v) is 7.43. The number of nitrogens with two attached hydrogens (primary N) is 1. The lowest BCUT2D eigenvalue weighted by atomic mass is 10.1. The number of hydrogen-bond donors (Lipinski definition) is 3. The molecular formula is C18H20N6O2S. The van der Waals surface area contributed by atoms with Gasteiger partial charge in [-0.25, -0.2) is 13.6 Å². The molecule has 4 N–H and O–H groups in total. The number of primary sulfonamides is 1. The van der Waals surface area contributed by atoms with E-state index in [4.69, 9.17) is 5.14 Å². The molecule has 8 nitrogen and oxygen atoms in total. The summed E-state index contributed by atoms with van der Waals surface area (Å²) in [5.74, 6) is 1.06. The van der Waals surface area contributed by atoms with E-state index < -0.39 is 10.0 Å². The molecule has 27 heavy (non-hydrogen) atoms. The maximum Gasteiger partial charge on any atom is 0.244 e. The smallest absolute Gasteiger partial charge is 0.244 e. The number of aromatic nitrogens is 3. The summed E-state index contributed by atoms with van der Waals surface area (Å²) in [7, 11) is -3.66. The molecule has 0 bridgehead atoms. The summed E-state index contributed by atoms with van der Waals surface area (Å²) in [4.78, 5) is 4.47. The standard InChI is InChI=1S/C18H20N6O2S/c19-27(25,26)16-8-6-14(7-9-16)10-11-20-18-23-17(13-22-24-18)21-12-15-4-2-1-3-5-15/h1-9,13H,10-12H2,(H2,19,25,26)(H2,20,21,23,24). The first-order valence-corrected chi connectivity index (χ1v) is 9.88. The Hall–Kier alpha value is -3.04. The van der Waals surface area contributed by atoms with Crippen LogP contribution in [0.2, 0.25) is 0 Å². The SMILES string of the molecule is NS(=O)(=O)c1ccc(CCNc2nncc(NCc3ccccc3)n2)cc1. The third-order valence-electron chi connectivity index (χ3n) is 3.82. The van der Waals surface area contributed by atoms with E-state index in [2.05, 4.69) is 25.8 Å². The van der Waals surface area contributed by atoms with Gasteiger partial charge in [0.2, 0.25) is 16.0 Å². The zero-order valence-electron chi connectivity index (χ0n) is 14.5. The Morgan fingerprint density at radius 2 is 1.67 bits per heavy atom. The van der Waals surface area contributed by atoms with Crippen molar-refractivity contribution in [3.05, 3.63) is 71.9 Å². The summed E-state index contributed by atoms with van der Waals surface area (Å²) in [5.41, 5.74) is 2.12. The van der Waals surface area contributed by atoms with E-state index in [1.54, 1.807) is 18.3 Å². The molecule has 3 rings (SSSR count). The van der Waals surface area contributed by atoms with Gasteiger partial charge in [-0.3, -0.25) is 0 Å². The van der Waals surface area contributed by atoms with E-state index in [0.29, 0.717) is 31.3 Å². The Morgan fingerprint density at radius 3 is 2.37 bits per heavy atom. The first-order chi connectivity index (χ1) is 13.0. The molecular weight excluding hydrogens is 364 g/mol. The maximum absolute atomic E-state index is 11.3. The van der Waals surface area contributed by atoms with Crippen LogP contribution in [0.25, 0.3) is 0 Å². The molecule has 0 atom stereocenters. The monoisotopic (exact) mass is 384 g/mol. The van der Waals surface area contributed by atoms with Gasteiger partial charge in [-0.1, -0.05) is 42.5 Å². The van der Waals surface area contributed by atoms with Gasteiger partial charge in [0.25, 0.3) is 0 Å². The third kappa shape index (κ3) is 5.73. The molecule has 0 aliphatic rings. The summed E-state index contributed by atoms with van der Waals surface area (Å²) in [6, 6.07) is 16.5. The predicted molar refractivity (Wildman–Crippen MR) is 104 cm³/mol. The lowest BCUT2D eigenvalue weighted by Crippen LogP contribution is -2.12. The highest BCUT2D eigenvalue weighted by Gasteiger charge is 2.07. The van der Waals surface area contributed by atoms with Crippen LogP contribution in [-0.4, -0.2) is 30.1 Å². The summed E-state index contributed by atoms with van der Waals surface area (Å²) in [6.45, 7) is 1.23. The largest absolute Gasteiger partial charge is 0.365 e. The zero-order chi connectivity index (χ0) is 19.1. The predicted octanol–water partition coefficient (Wildman–Crippen LogP) is 1.79. The van der Waals surface area contributed by atoms with E-state index in [1.807, 2.05) is 30.3 Å².